The van der Waals surface area contributed by atoms with Gasteiger partial charge in [-0.05, 0) is 49.6 Å². The molecule has 1 heterocycles. The zero-order valence-electron chi connectivity index (χ0n) is 17.0. The molecule has 0 aliphatic heterocycles. The molecular weight excluding hydrogens is 439 g/mol. The van der Waals surface area contributed by atoms with Gasteiger partial charge in [0.2, 0.25) is 0 Å². The molecule has 0 atom stereocenters. The molecule has 166 valence electrons. The van der Waals surface area contributed by atoms with Crippen molar-refractivity contribution in [2.45, 2.75) is 30.3 Å². The summed E-state index contributed by atoms with van der Waals surface area (Å²) in [6, 6.07) is 11.3. The Labute approximate surface area is 187 Å². The minimum absolute atomic E-state index is 0.00740. The fraction of sp³-hybridized carbons (Fsp3) is 0.304. The van der Waals surface area contributed by atoms with Crippen LogP contribution in [-0.4, -0.2) is 36.1 Å². The van der Waals surface area contributed by atoms with E-state index in [0.717, 1.165) is 11.5 Å². The van der Waals surface area contributed by atoms with E-state index in [9.17, 15) is 14.0 Å². The molecule has 2 amide bonds. The molecule has 0 spiro atoms. The molecule has 3 aliphatic rings. The number of rotatable bonds is 8. The predicted octanol–water partition coefficient (Wildman–Crippen LogP) is 3.59. The lowest BCUT2D eigenvalue weighted by molar-refractivity contribution is -0.151. The summed E-state index contributed by atoms with van der Waals surface area (Å²) in [7, 11) is 0. The normalized spacial score (nSPS) is 23.1. The van der Waals surface area contributed by atoms with Gasteiger partial charge in [-0.15, -0.1) is 0 Å². The van der Waals surface area contributed by atoms with Crippen molar-refractivity contribution in [1.82, 2.24) is 10.6 Å². The van der Waals surface area contributed by atoms with E-state index in [2.05, 4.69) is 10.6 Å². The van der Waals surface area contributed by atoms with Crippen LogP contribution in [0, 0.1) is 5.82 Å². The summed E-state index contributed by atoms with van der Waals surface area (Å²) in [4.78, 5) is 24.5. The Morgan fingerprint density at radius 2 is 1.53 bits per heavy atom. The maximum Gasteiger partial charge on any atom is 0.258 e. The van der Waals surface area contributed by atoms with Crippen molar-refractivity contribution in [2.24, 2.45) is 0 Å². The number of nitrogens with one attached hydrogen (secondary N) is 2. The van der Waals surface area contributed by atoms with Crippen LogP contribution in [-0.2, 0) is 9.59 Å². The number of amides is 2. The van der Waals surface area contributed by atoms with Gasteiger partial charge in [0.15, 0.2) is 13.2 Å². The van der Waals surface area contributed by atoms with Crippen molar-refractivity contribution in [3.05, 3.63) is 59.6 Å². The molecule has 3 aromatic rings. The van der Waals surface area contributed by atoms with E-state index in [0.29, 0.717) is 30.6 Å². The summed E-state index contributed by atoms with van der Waals surface area (Å²) in [6.45, 7) is -0.325. The first-order chi connectivity index (χ1) is 15.3. The highest BCUT2D eigenvalue weighted by Crippen LogP contribution is 2.60. The third kappa shape index (κ3) is 3.98. The van der Waals surface area contributed by atoms with Gasteiger partial charge in [0.05, 0.1) is 11.3 Å². The highest BCUT2D eigenvalue weighted by molar-refractivity contribution is 6.30. The monoisotopic (exact) mass is 458 g/mol. The van der Waals surface area contributed by atoms with E-state index in [4.69, 9.17) is 25.5 Å². The molecule has 3 aliphatic carbocycles. The molecule has 32 heavy (non-hydrogen) atoms. The molecule has 0 saturated heterocycles. The summed E-state index contributed by atoms with van der Waals surface area (Å²) >= 11 is 5.63. The molecule has 2 N–H and O–H groups in total. The van der Waals surface area contributed by atoms with E-state index in [1.807, 2.05) is 12.1 Å². The van der Waals surface area contributed by atoms with Gasteiger partial charge in [-0.1, -0.05) is 11.6 Å². The van der Waals surface area contributed by atoms with Crippen LogP contribution in [0.4, 0.5) is 4.39 Å². The first-order valence-corrected chi connectivity index (χ1v) is 10.5. The lowest BCUT2D eigenvalue weighted by atomic mass is 9.44. The quantitative estimate of drug-likeness (QED) is 0.538. The molecule has 3 saturated carbocycles. The predicted molar refractivity (Wildman–Crippen MR) is 114 cm³/mol. The number of hydrogen-bond acceptors (Lipinski definition) is 5. The largest absolute Gasteiger partial charge is 0.484 e. The van der Waals surface area contributed by atoms with Crippen molar-refractivity contribution < 1.29 is 27.9 Å². The van der Waals surface area contributed by atoms with Crippen LogP contribution in [0.1, 0.15) is 19.3 Å². The van der Waals surface area contributed by atoms with Crippen molar-refractivity contribution in [3.63, 3.8) is 0 Å². The number of fused-ring (bicyclic) bond motifs is 1. The van der Waals surface area contributed by atoms with Gasteiger partial charge in [0, 0.05) is 28.6 Å². The number of ether oxygens (including phenoxy) is 2. The maximum absolute atomic E-state index is 13.4. The minimum Gasteiger partial charge on any atom is -0.484 e. The first kappa shape index (κ1) is 20.6. The number of carbonyl (C=O) groups excluding carboxylic acids is 2. The van der Waals surface area contributed by atoms with Gasteiger partial charge >= 0.3 is 0 Å². The van der Waals surface area contributed by atoms with Crippen LogP contribution in [0.15, 0.2) is 53.1 Å². The van der Waals surface area contributed by atoms with Gasteiger partial charge in [0.1, 0.15) is 22.9 Å². The molecule has 0 radical (unpaired) electrons. The van der Waals surface area contributed by atoms with Crippen molar-refractivity contribution in [2.75, 3.05) is 13.2 Å². The van der Waals surface area contributed by atoms with Crippen molar-refractivity contribution in [3.8, 4) is 11.5 Å². The van der Waals surface area contributed by atoms with E-state index in [-0.39, 0.29) is 46.9 Å². The van der Waals surface area contributed by atoms with E-state index >= 15 is 0 Å². The zero-order valence-corrected chi connectivity index (χ0v) is 17.7. The van der Waals surface area contributed by atoms with Gasteiger partial charge < -0.3 is 24.5 Å². The highest BCUT2D eigenvalue weighted by atomic mass is 35.5. The summed E-state index contributed by atoms with van der Waals surface area (Å²) in [5.74, 6) is -0.319. The Kier molecular flexibility index (Phi) is 4.97. The van der Waals surface area contributed by atoms with Crippen LogP contribution < -0.4 is 20.1 Å². The Morgan fingerprint density at radius 1 is 0.938 bits per heavy atom. The number of hydrogen-bond donors (Lipinski definition) is 2. The molecule has 2 aromatic carbocycles. The number of benzene rings is 2. The Balaban J connectivity index is 1.04. The van der Waals surface area contributed by atoms with E-state index in [1.165, 1.54) is 12.1 Å². The maximum atomic E-state index is 13.4. The number of carbonyl (C=O) groups is 2. The summed E-state index contributed by atoms with van der Waals surface area (Å²) in [6.07, 6.45) is 3.57. The van der Waals surface area contributed by atoms with Crippen LogP contribution >= 0.6 is 11.6 Å². The van der Waals surface area contributed by atoms with Crippen molar-refractivity contribution in [1.29, 1.82) is 0 Å². The average Bonchev–Trinajstić information content (AvgIpc) is 3.18. The Hall–Kier alpha value is -3.26. The minimum atomic E-state index is -0.604. The summed E-state index contributed by atoms with van der Waals surface area (Å²) in [5.41, 5.74) is 0.0911. The second-order valence-electron chi connectivity index (χ2n) is 8.46. The van der Waals surface area contributed by atoms with Gasteiger partial charge in [-0.25, -0.2) is 4.39 Å². The summed E-state index contributed by atoms with van der Waals surface area (Å²) < 4.78 is 29.6. The van der Waals surface area contributed by atoms with Crippen LogP contribution in [0.2, 0.25) is 5.02 Å². The van der Waals surface area contributed by atoms with Crippen LogP contribution in [0.3, 0.4) is 0 Å². The van der Waals surface area contributed by atoms with Crippen LogP contribution in [0.5, 0.6) is 11.5 Å². The number of furan rings is 1. The molecule has 7 nitrogen and oxygen atoms in total. The average molecular weight is 459 g/mol. The lowest BCUT2D eigenvalue weighted by Gasteiger charge is -2.70. The molecule has 3 fully saturated rings. The fourth-order valence-electron chi connectivity index (χ4n) is 4.61. The molecular formula is C23H20ClFN2O5. The molecule has 6 rings (SSSR count). The lowest BCUT2D eigenvalue weighted by Crippen LogP contribution is -2.84. The van der Waals surface area contributed by atoms with Crippen molar-refractivity contribution >= 4 is 34.4 Å². The zero-order chi connectivity index (χ0) is 22.3. The standard InChI is InChI=1S/C23H20ClFN2O5/c24-17-4-3-15(7-18(17)25)31-9-20(28)26-22-11-23(12-22,13-22)27-21(29)10-32-16-2-1-14-5-6-30-19(14)8-16/h1-8H,9-13H2,(H,26,28)(H,27,29). The molecule has 0 unspecified atom stereocenters. The second-order valence-corrected chi connectivity index (χ2v) is 8.87. The highest BCUT2D eigenvalue weighted by Gasteiger charge is 2.69. The first-order valence-electron chi connectivity index (χ1n) is 10.1. The topological polar surface area (TPSA) is 89.8 Å². The SMILES string of the molecule is O=C(COc1ccc(Cl)c(F)c1)NC12CC(NC(=O)COc3ccc4ccoc4c3)(C1)C2. The van der Waals surface area contributed by atoms with Gasteiger partial charge in [-0.2, -0.15) is 0 Å². The Morgan fingerprint density at radius 3 is 2.16 bits per heavy atom. The third-order valence-corrected chi connectivity index (χ3v) is 6.20. The molecule has 1 aromatic heterocycles. The van der Waals surface area contributed by atoms with Gasteiger partial charge in [0.25, 0.3) is 11.8 Å². The smallest absolute Gasteiger partial charge is 0.258 e. The Bertz CT molecular complexity index is 1190. The van der Waals surface area contributed by atoms with E-state index < -0.39 is 5.82 Å². The third-order valence-electron chi connectivity index (χ3n) is 5.90. The molecule has 9 heteroatoms. The molecule has 2 bridgehead atoms. The van der Waals surface area contributed by atoms with Crippen LogP contribution in [0.25, 0.3) is 11.0 Å². The van der Waals surface area contributed by atoms with E-state index in [1.54, 1.807) is 18.4 Å². The summed E-state index contributed by atoms with van der Waals surface area (Å²) in [5, 5.41) is 6.91. The fourth-order valence-corrected chi connectivity index (χ4v) is 4.72. The van der Waals surface area contributed by atoms with Gasteiger partial charge in [-0.3, -0.25) is 9.59 Å². The second kappa shape index (κ2) is 7.70. The number of halogens is 2.